The molecule has 1 unspecified atom stereocenters. The van der Waals surface area contributed by atoms with Crippen molar-refractivity contribution in [2.24, 2.45) is 0 Å². The van der Waals surface area contributed by atoms with E-state index in [9.17, 15) is 4.79 Å². The van der Waals surface area contributed by atoms with E-state index in [0.717, 1.165) is 32.5 Å². The Hall–Kier alpha value is -0.610. The summed E-state index contributed by atoms with van der Waals surface area (Å²) < 4.78 is 0. The smallest absolute Gasteiger partial charge is 0.237 e. The van der Waals surface area contributed by atoms with Crippen LogP contribution in [0.2, 0.25) is 0 Å². The van der Waals surface area contributed by atoms with Crippen molar-refractivity contribution in [1.82, 2.24) is 15.5 Å². The van der Waals surface area contributed by atoms with Crippen LogP contribution in [0.1, 0.15) is 46.5 Å². The highest BCUT2D eigenvalue weighted by Crippen LogP contribution is 2.21. The molecule has 1 aliphatic carbocycles. The van der Waals surface area contributed by atoms with E-state index in [1.165, 1.54) is 12.8 Å². The van der Waals surface area contributed by atoms with E-state index in [1.807, 2.05) is 6.92 Å². The zero-order valence-corrected chi connectivity index (χ0v) is 12.0. The summed E-state index contributed by atoms with van der Waals surface area (Å²) in [4.78, 5) is 14.6. The maximum absolute atomic E-state index is 12.3. The van der Waals surface area contributed by atoms with Gasteiger partial charge in [-0.3, -0.25) is 9.69 Å². The summed E-state index contributed by atoms with van der Waals surface area (Å²) in [7, 11) is 0. The van der Waals surface area contributed by atoms with Crippen LogP contribution in [0, 0.1) is 0 Å². The number of carbonyl (C=O) groups excluding carboxylic acids is 1. The normalized spacial score (nSPS) is 27.1. The Morgan fingerprint density at radius 1 is 1.39 bits per heavy atom. The van der Waals surface area contributed by atoms with Crippen molar-refractivity contribution in [2.75, 3.05) is 19.6 Å². The minimum atomic E-state index is -0.0253. The molecule has 0 spiro atoms. The lowest BCUT2D eigenvalue weighted by Gasteiger charge is -2.45. The van der Waals surface area contributed by atoms with Crippen LogP contribution in [-0.4, -0.2) is 48.1 Å². The van der Waals surface area contributed by atoms with Crippen molar-refractivity contribution in [1.29, 1.82) is 0 Å². The lowest BCUT2D eigenvalue weighted by molar-refractivity contribution is -0.129. The van der Waals surface area contributed by atoms with Crippen molar-refractivity contribution in [3.05, 3.63) is 0 Å². The predicted molar refractivity (Wildman–Crippen MR) is 73.5 cm³/mol. The van der Waals surface area contributed by atoms with Crippen LogP contribution in [-0.2, 0) is 4.79 Å². The van der Waals surface area contributed by atoms with E-state index in [1.54, 1.807) is 0 Å². The number of amides is 1. The summed E-state index contributed by atoms with van der Waals surface area (Å²) in [5.41, 5.74) is 0.0602. The lowest BCUT2D eigenvalue weighted by atomic mass is 9.97. The summed E-state index contributed by atoms with van der Waals surface area (Å²) in [5, 5.41) is 6.61. The van der Waals surface area contributed by atoms with Gasteiger partial charge in [0.05, 0.1) is 6.04 Å². The SMILES string of the molecule is CC(C(=O)NC1CCCC1)N1CCNCC1(C)C. The van der Waals surface area contributed by atoms with Crippen LogP contribution in [0.4, 0.5) is 0 Å². The Morgan fingerprint density at radius 3 is 2.67 bits per heavy atom. The van der Waals surface area contributed by atoms with Crippen LogP contribution in [0.15, 0.2) is 0 Å². The van der Waals surface area contributed by atoms with E-state index in [4.69, 9.17) is 0 Å². The standard InChI is InChI=1S/C14H27N3O/c1-11(13(18)16-12-6-4-5-7-12)17-9-8-15-10-14(17,2)3/h11-12,15H,4-10H2,1-3H3,(H,16,18). The third kappa shape index (κ3) is 3.04. The molecular weight excluding hydrogens is 226 g/mol. The molecule has 1 saturated heterocycles. The van der Waals surface area contributed by atoms with Crippen molar-refractivity contribution >= 4 is 5.91 Å². The molecule has 1 amide bonds. The molecule has 1 heterocycles. The van der Waals surface area contributed by atoms with Gasteiger partial charge >= 0.3 is 0 Å². The quantitative estimate of drug-likeness (QED) is 0.792. The summed E-state index contributed by atoms with van der Waals surface area (Å²) in [6.45, 7) is 9.33. The first-order valence-electron chi connectivity index (χ1n) is 7.28. The molecule has 2 N–H and O–H groups in total. The molecule has 2 aliphatic rings. The molecule has 1 saturated carbocycles. The fourth-order valence-electron chi connectivity index (χ4n) is 3.25. The minimum Gasteiger partial charge on any atom is -0.352 e. The van der Waals surface area contributed by atoms with Gasteiger partial charge in [0.25, 0.3) is 0 Å². The monoisotopic (exact) mass is 253 g/mol. The zero-order valence-electron chi connectivity index (χ0n) is 12.0. The minimum absolute atomic E-state index is 0.0253. The maximum Gasteiger partial charge on any atom is 0.237 e. The van der Waals surface area contributed by atoms with Crippen LogP contribution in [0.3, 0.4) is 0 Å². The summed E-state index contributed by atoms with van der Waals surface area (Å²) in [5.74, 6) is 0.205. The number of rotatable bonds is 3. The average molecular weight is 253 g/mol. The molecule has 2 fully saturated rings. The Balaban J connectivity index is 1.92. The topological polar surface area (TPSA) is 44.4 Å². The van der Waals surface area contributed by atoms with Gasteiger partial charge in [0.2, 0.25) is 5.91 Å². The van der Waals surface area contributed by atoms with E-state index in [0.29, 0.717) is 6.04 Å². The van der Waals surface area contributed by atoms with Crippen molar-refractivity contribution in [3.8, 4) is 0 Å². The Morgan fingerprint density at radius 2 is 2.06 bits per heavy atom. The van der Waals surface area contributed by atoms with Gasteiger partial charge in [-0.15, -0.1) is 0 Å². The van der Waals surface area contributed by atoms with Gasteiger partial charge in [0, 0.05) is 31.2 Å². The number of piperazine rings is 1. The van der Waals surface area contributed by atoms with Crippen LogP contribution < -0.4 is 10.6 Å². The second-order valence-corrected chi connectivity index (χ2v) is 6.35. The fraction of sp³-hybridized carbons (Fsp3) is 0.929. The largest absolute Gasteiger partial charge is 0.352 e. The van der Waals surface area contributed by atoms with Crippen LogP contribution in [0.5, 0.6) is 0 Å². The maximum atomic E-state index is 12.3. The second kappa shape index (κ2) is 5.57. The highest BCUT2D eigenvalue weighted by Gasteiger charge is 2.36. The van der Waals surface area contributed by atoms with Gasteiger partial charge in [-0.1, -0.05) is 12.8 Å². The molecule has 0 bridgehead atoms. The van der Waals surface area contributed by atoms with Crippen molar-refractivity contribution in [3.63, 3.8) is 0 Å². The molecule has 2 rings (SSSR count). The number of nitrogens with one attached hydrogen (secondary N) is 2. The van der Waals surface area contributed by atoms with Gasteiger partial charge < -0.3 is 10.6 Å². The van der Waals surface area contributed by atoms with Gasteiger partial charge in [-0.25, -0.2) is 0 Å². The molecule has 4 nitrogen and oxygen atoms in total. The van der Waals surface area contributed by atoms with Crippen LogP contribution >= 0.6 is 0 Å². The second-order valence-electron chi connectivity index (χ2n) is 6.35. The molecule has 0 aromatic carbocycles. The Kier molecular flexibility index (Phi) is 4.28. The third-order valence-corrected chi connectivity index (χ3v) is 4.41. The van der Waals surface area contributed by atoms with Crippen LogP contribution in [0.25, 0.3) is 0 Å². The van der Waals surface area contributed by atoms with Crippen molar-refractivity contribution < 1.29 is 4.79 Å². The zero-order chi connectivity index (χ0) is 13.2. The van der Waals surface area contributed by atoms with E-state index in [2.05, 4.69) is 29.4 Å². The first-order valence-corrected chi connectivity index (χ1v) is 7.28. The first-order chi connectivity index (χ1) is 8.50. The van der Waals surface area contributed by atoms with E-state index < -0.39 is 0 Å². The molecule has 104 valence electrons. The Labute approximate surface area is 110 Å². The molecule has 4 heteroatoms. The highest BCUT2D eigenvalue weighted by atomic mass is 16.2. The number of hydrogen-bond acceptors (Lipinski definition) is 3. The van der Waals surface area contributed by atoms with E-state index in [-0.39, 0.29) is 17.5 Å². The predicted octanol–water partition coefficient (Wildman–Crippen LogP) is 1.12. The number of hydrogen-bond donors (Lipinski definition) is 2. The molecular formula is C14H27N3O. The average Bonchev–Trinajstić information content (AvgIpc) is 2.80. The van der Waals surface area contributed by atoms with Gasteiger partial charge in [0.15, 0.2) is 0 Å². The van der Waals surface area contributed by atoms with Crippen molar-refractivity contribution in [2.45, 2.75) is 64.1 Å². The summed E-state index contributed by atoms with van der Waals surface area (Å²) in [6.07, 6.45) is 4.84. The molecule has 0 aromatic heterocycles. The molecule has 0 aromatic rings. The van der Waals surface area contributed by atoms with E-state index >= 15 is 0 Å². The molecule has 1 aliphatic heterocycles. The fourth-order valence-corrected chi connectivity index (χ4v) is 3.25. The van der Waals surface area contributed by atoms with Gasteiger partial charge in [-0.05, 0) is 33.6 Å². The van der Waals surface area contributed by atoms with Gasteiger partial charge in [0.1, 0.15) is 0 Å². The molecule has 18 heavy (non-hydrogen) atoms. The summed E-state index contributed by atoms with van der Waals surface area (Å²) in [6, 6.07) is 0.397. The number of carbonyl (C=O) groups is 1. The lowest BCUT2D eigenvalue weighted by Crippen LogP contribution is -2.63. The third-order valence-electron chi connectivity index (χ3n) is 4.41. The first kappa shape index (κ1) is 13.8. The number of nitrogens with zero attached hydrogens (tertiary/aromatic N) is 1. The highest BCUT2D eigenvalue weighted by molar-refractivity contribution is 5.81. The Bertz CT molecular complexity index is 297. The van der Waals surface area contributed by atoms with Gasteiger partial charge in [-0.2, -0.15) is 0 Å². The molecule has 1 atom stereocenters. The molecule has 0 radical (unpaired) electrons. The summed E-state index contributed by atoms with van der Waals surface area (Å²) >= 11 is 0.